The summed E-state index contributed by atoms with van der Waals surface area (Å²) in [7, 11) is -4.03. The van der Waals surface area contributed by atoms with Gasteiger partial charge in [-0.1, -0.05) is 60.7 Å². The molecule has 0 saturated carbocycles. The van der Waals surface area contributed by atoms with Crippen LogP contribution in [0.2, 0.25) is 0 Å². The van der Waals surface area contributed by atoms with Gasteiger partial charge in [0.25, 0.3) is 0 Å². The molecule has 0 heterocycles. The van der Waals surface area contributed by atoms with Crippen LogP contribution in [-0.4, -0.2) is 26.0 Å². The van der Waals surface area contributed by atoms with Crippen molar-refractivity contribution < 1.29 is 18.1 Å². The lowest BCUT2D eigenvalue weighted by molar-refractivity contribution is 0.127. The molecular formula is C18H24O4P2. The van der Waals surface area contributed by atoms with E-state index in [1.54, 1.807) is 13.8 Å². The Morgan fingerprint density at radius 2 is 1.25 bits per heavy atom. The highest BCUT2D eigenvalue weighted by atomic mass is 31.2. The first-order chi connectivity index (χ1) is 11.7. The molecule has 0 saturated heterocycles. The second-order valence-electron chi connectivity index (χ2n) is 4.94. The van der Waals surface area contributed by atoms with Gasteiger partial charge in [-0.25, -0.2) is 4.57 Å². The zero-order chi connectivity index (χ0) is 17.3. The van der Waals surface area contributed by atoms with Crippen LogP contribution in [0.3, 0.4) is 0 Å². The molecule has 0 amide bonds. The van der Waals surface area contributed by atoms with Crippen LogP contribution in [-0.2, 0) is 18.1 Å². The largest absolute Gasteiger partial charge is 0.474 e. The minimum atomic E-state index is -3.45. The van der Waals surface area contributed by atoms with Gasteiger partial charge >= 0.3 is 7.82 Å². The monoisotopic (exact) mass is 366 g/mol. The summed E-state index contributed by atoms with van der Waals surface area (Å²) in [6.45, 7) is 4.46. The van der Waals surface area contributed by atoms with Gasteiger partial charge in [-0.05, 0) is 38.5 Å². The highest BCUT2D eigenvalue weighted by Gasteiger charge is 2.26. The van der Waals surface area contributed by atoms with E-state index in [1.807, 2.05) is 36.4 Å². The third-order valence-corrected chi connectivity index (χ3v) is 7.39. The molecule has 4 nitrogen and oxygen atoms in total. The van der Waals surface area contributed by atoms with Gasteiger partial charge in [0.05, 0.1) is 19.8 Å². The van der Waals surface area contributed by atoms with Gasteiger partial charge in [-0.2, -0.15) is 0 Å². The maximum absolute atomic E-state index is 12.4. The molecular weight excluding hydrogens is 342 g/mol. The lowest BCUT2D eigenvalue weighted by atomic mass is 10.4. The van der Waals surface area contributed by atoms with Gasteiger partial charge in [0, 0.05) is 0 Å². The van der Waals surface area contributed by atoms with Crippen molar-refractivity contribution >= 4 is 26.4 Å². The summed E-state index contributed by atoms with van der Waals surface area (Å²) >= 11 is 0. The Bertz CT molecular complexity index is 584. The molecule has 0 bridgehead atoms. The normalized spacial score (nSPS) is 11.8. The minimum Gasteiger partial charge on any atom is -0.287 e. The van der Waals surface area contributed by atoms with Crippen LogP contribution in [0.25, 0.3) is 0 Å². The van der Waals surface area contributed by atoms with Crippen LogP contribution in [0.1, 0.15) is 13.8 Å². The van der Waals surface area contributed by atoms with Gasteiger partial charge < -0.3 is 0 Å². The fourth-order valence-electron chi connectivity index (χ4n) is 2.30. The second kappa shape index (κ2) is 10.1. The summed E-state index contributed by atoms with van der Waals surface area (Å²) in [6.07, 6.45) is 0.757. The molecule has 2 rings (SSSR count). The molecule has 0 aliphatic heterocycles. The fraction of sp³-hybridized carbons (Fsp3) is 0.333. The average Bonchev–Trinajstić information content (AvgIpc) is 2.61. The number of rotatable bonds is 10. The smallest absolute Gasteiger partial charge is 0.287 e. The molecule has 0 radical (unpaired) electrons. The topological polar surface area (TPSA) is 44.8 Å². The van der Waals surface area contributed by atoms with E-state index in [0.29, 0.717) is 19.8 Å². The summed E-state index contributed by atoms with van der Waals surface area (Å²) in [5.74, 6) is 0. The van der Waals surface area contributed by atoms with E-state index in [-0.39, 0.29) is 0 Å². The van der Waals surface area contributed by atoms with Crippen molar-refractivity contribution in [2.24, 2.45) is 0 Å². The summed E-state index contributed by atoms with van der Waals surface area (Å²) in [4.78, 5) is 0. The Kier molecular flexibility index (Phi) is 8.11. The van der Waals surface area contributed by atoms with Crippen LogP contribution in [0.15, 0.2) is 60.7 Å². The van der Waals surface area contributed by atoms with Crippen molar-refractivity contribution in [1.82, 2.24) is 0 Å². The SMILES string of the molecule is CCOP(=O)(OCC)OCCP(c1ccccc1)c1ccccc1. The lowest BCUT2D eigenvalue weighted by Gasteiger charge is -2.21. The third kappa shape index (κ3) is 5.81. The molecule has 0 aromatic heterocycles. The number of hydrogen-bond acceptors (Lipinski definition) is 4. The van der Waals surface area contributed by atoms with Crippen LogP contribution >= 0.6 is 15.7 Å². The third-order valence-electron chi connectivity index (χ3n) is 3.27. The molecule has 2 aromatic carbocycles. The highest BCUT2D eigenvalue weighted by molar-refractivity contribution is 7.73. The maximum Gasteiger partial charge on any atom is 0.474 e. The van der Waals surface area contributed by atoms with Crippen molar-refractivity contribution in [3.8, 4) is 0 Å². The lowest BCUT2D eigenvalue weighted by Crippen LogP contribution is -2.16. The van der Waals surface area contributed by atoms with Crippen LogP contribution in [0.4, 0.5) is 0 Å². The van der Waals surface area contributed by atoms with E-state index in [4.69, 9.17) is 13.6 Å². The molecule has 0 N–H and O–H groups in total. The van der Waals surface area contributed by atoms with E-state index >= 15 is 0 Å². The predicted octanol–water partition coefficient (Wildman–Crippen LogP) is 4.32. The second-order valence-corrected chi connectivity index (χ2v) is 8.94. The van der Waals surface area contributed by atoms with Crippen LogP contribution < -0.4 is 10.6 Å². The van der Waals surface area contributed by atoms with E-state index < -0.39 is 15.7 Å². The number of benzene rings is 2. The molecule has 0 atom stereocenters. The van der Waals surface area contributed by atoms with Crippen LogP contribution in [0, 0.1) is 0 Å². The van der Waals surface area contributed by atoms with Crippen LogP contribution in [0.5, 0.6) is 0 Å². The maximum atomic E-state index is 12.4. The Labute approximate surface area is 145 Å². The molecule has 0 fully saturated rings. The molecule has 0 spiro atoms. The Balaban J connectivity index is 2.08. The van der Waals surface area contributed by atoms with Gasteiger partial charge in [-0.15, -0.1) is 0 Å². The highest BCUT2D eigenvalue weighted by Crippen LogP contribution is 2.49. The fourth-order valence-corrected chi connectivity index (χ4v) is 5.76. The molecule has 0 unspecified atom stereocenters. The summed E-state index contributed by atoms with van der Waals surface area (Å²) in [6, 6.07) is 20.7. The first-order valence-corrected chi connectivity index (χ1v) is 11.1. The van der Waals surface area contributed by atoms with Gasteiger partial charge in [0.1, 0.15) is 0 Å². The summed E-state index contributed by atoms with van der Waals surface area (Å²) < 4.78 is 28.3. The van der Waals surface area contributed by atoms with Crippen molar-refractivity contribution in [3.63, 3.8) is 0 Å². The van der Waals surface area contributed by atoms with Crippen molar-refractivity contribution in [2.45, 2.75) is 13.8 Å². The molecule has 0 aliphatic rings. The van der Waals surface area contributed by atoms with Crippen molar-refractivity contribution in [2.75, 3.05) is 26.0 Å². The predicted molar refractivity (Wildman–Crippen MR) is 101 cm³/mol. The number of hydrogen-bond donors (Lipinski definition) is 0. The Morgan fingerprint density at radius 3 is 1.67 bits per heavy atom. The number of phosphoric acid groups is 1. The molecule has 0 aliphatic carbocycles. The molecule has 6 heteroatoms. The zero-order valence-corrected chi connectivity index (χ0v) is 15.9. The van der Waals surface area contributed by atoms with E-state index in [0.717, 1.165) is 6.16 Å². The van der Waals surface area contributed by atoms with Crippen molar-refractivity contribution in [1.29, 1.82) is 0 Å². The quantitative estimate of drug-likeness (QED) is 0.588. The molecule has 24 heavy (non-hydrogen) atoms. The summed E-state index contributed by atoms with van der Waals surface area (Å²) in [5, 5.41) is 2.54. The zero-order valence-electron chi connectivity index (χ0n) is 14.1. The van der Waals surface area contributed by atoms with E-state index in [2.05, 4.69) is 24.3 Å². The first-order valence-electron chi connectivity index (χ1n) is 8.10. The number of phosphoric ester groups is 1. The van der Waals surface area contributed by atoms with Gasteiger partial charge in [0.2, 0.25) is 0 Å². The Hall–Kier alpha value is -1.02. The molecule has 2 aromatic rings. The van der Waals surface area contributed by atoms with E-state index in [1.165, 1.54) is 10.6 Å². The standard InChI is InChI=1S/C18H24O4P2/c1-3-20-24(19,21-4-2)22-15-16-23(17-11-7-5-8-12-17)18-13-9-6-10-14-18/h5-14H,3-4,15-16H2,1-2H3. The van der Waals surface area contributed by atoms with E-state index in [9.17, 15) is 4.57 Å². The van der Waals surface area contributed by atoms with Gasteiger partial charge in [0.15, 0.2) is 0 Å². The minimum absolute atomic E-state index is 0.295. The first kappa shape index (κ1) is 19.3. The van der Waals surface area contributed by atoms with Gasteiger partial charge in [-0.3, -0.25) is 13.6 Å². The average molecular weight is 366 g/mol. The summed E-state index contributed by atoms with van der Waals surface area (Å²) in [5.41, 5.74) is 0. The van der Waals surface area contributed by atoms with Crippen molar-refractivity contribution in [3.05, 3.63) is 60.7 Å². The Morgan fingerprint density at radius 1 is 0.792 bits per heavy atom. The molecule has 130 valence electrons.